The van der Waals surface area contributed by atoms with Crippen molar-refractivity contribution in [2.24, 2.45) is 17.8 Å². The molecule has 20 heavy (non-hydrogen) atoms. The molecule has 0 amide bonds. The van der Waals surface area contributed by atoms with Gasteiger partial charge in [-0.15, -0.1) is 0 Å². The van der Waals surface area contributed by atoms with Gasteiger partial charge in [0.1, 0.15) is 0 Å². The van der Waals surface area contributed by atoms with Gasteiger partial charge in [0.15, 0.2) is 0 Å². The van der Waals surface area contributed by atoms with Crippen LogP contribution in [0.4, 0.5) is 0 Å². The summed E-state index contributed by atoms with van der Waals surface area (Å²) in [5, 5.41) is 0. The Morgan fingerprint density at radius 1 is 1.40 bits per heavy atom. The van der Waals surface area contributed by atoms with Crippen LogP contribution in [0.15, 0.2) is 11.6 Å². The second kappa shape index (κ2) is 7.23. The number of allylic oxidation sites excluding steroid dienone is 2. The van der Waals surface area contributed by atoms with E-state index in [0.29, 0.717) is 44.1 Å². The van der Waals surface area contributed by atoms with Gasteiger partial charge >= 0.3 is 5.97 Å². The highest BCUT2D eigenvalue weighted by Crippen LogP contribution is 2.33. The number of carbonyl (C=O) groups is 1. The molecule has 3 atom stereocenters. The molecule has 0 spiro atoms. The van der Waals surface area contributed by atoms with Crippen molar-refractivity contribution in [3.8, 4) is 0 Å². The first-order valence-electron chi connectivity index (χ1n) is 7.69. The summed E-state index contributed by atoms with van der Waals surface area (Å²) in [4.78, 5) is 14.0. The molecule has 0 bridgehead atoms. The fraction of sp³-hybridized carbons (Fsp3) is 0.812. The molecular weight excluding hydrogens is 254 g/mol. The van der Waals surface area contributed by atoms with Crippen molar-refractivity contribution in [2.75, 3.05) is 39.5 Å². The highest BCUT2D eigenvalue weighted by Gasteiger charge is 2.28. The lowest BCUT2D eigenvalue weighted by Gasteiger charge is -2.33. The summed E-state index contributed by atoms with van der Waals surface area (Å²) in [7, 11) is 0. The molecule has 4 nitrogen and oxygen atoms in total. The number of esters is 1. The molecule has 0 radical (unpaired) electrons. The summed E-state index contributed by atoms with van der Waals surface area (Å²) in [5.74, 6) is 1.44. The SMILES string of the molecule is CC1=C[C@H](C)[C@H](COC(=O)CN2CCOCC2)[C@@H](C)C1. The Bertz CT molecular complexity index is 361. The monoisotopic (exact) mass is 281 g/mol. The van der Waals surface area contributed by atoms with Crippen molar-refractivity contribution in [3.05, 3.63) is 11.6 Å². The quantitative estimate of drug-likeness (QED) is 0.584. The zero-order chi connectivity index (χ0) is 14.5. The third-order valence-corrected chi connectivity index (χ3v) is 4.49. The number of ether oxygens (including phenoxy) is 2. The maximum Gasteiger partial charge on any atom is 0.320 e. The zero-order valence-electron chi connectivity index (χ0n) is 12.9. The van der Waals surface area contributed by atoms with E-state index in [-0.39, 0.29) is 5.97 Å². The molecule has 4 heteroatoms. The number of rotatable bonds is 4. The zero-order valence-corrected chi connectivity index (χ0v) is 12.9. The second-order valence-corrected chi connectivity index (χ2v) is 6.29. The molecule has 1 saturated heterocycles. The predicted molar refractivity (Wildman–Crippen MR) is 78.4 cm³/mol. The van der Waals surface area contributed by atoms with Crippen LogP contribution in [0.2, 0.25) is 0 Å². The fourth-order valence-electron chi connectivity index (χ4n) is 3.31. The van der Waals surface area contributed by atoms with Gasteiger partial charge < -0.3 is 9.47 Å². The van der Waals surface area contributed by atoms with Gasteiger partial charge in [0.25, 0.3) is 0 Å². The normalized spacial score (nSPS) is 31.8. The Kier molecular flexibility index (Phi) is 5.61. The number of nitrogens with zero attached hydrogens (tertiary/aromatic N) is 1. The van der Waals surface area contributed by atoms with Crippen molar-refractivity contribution in [2.45, 2.75) is 27.2 Å². The minimum atomic E-state index is -0.0995. The maximum atomic E-state index is 11.9. The van der Waals surface area contributed by atoms with Crippen molar-refractivity contribution in [3.63, 3.8) is 0 Å². The average Bonchev–Trinajstić information content (AvgIpc) is 2.38. The van der Waals surface area contributed by atoms with Crippen LogP contribution < -0.4 is 0 Å². The van der Waals surface area contributed by atoms with Crippen molar-refractivity contribution < 1.29 is 14.3 Å². The summed E-state index contributed by atoms with van der Waals surface area (Å²) < 4.78 is 10.8. The van der Waals surface area contributed by atoms with Crippen LogP contribution in [0.3, 0.4) is 0 Å². The van der Waals surface area contributed by atoms with E-state index in [4.69, 9.17) is 9.47 Å². The van der Waals surface area contributed by atoms with E-state index in [1.54, 1.807) is 0 Å². The number of hydrogen-bond donors (Lipinski definition) is 0. The van der Waals surface area contributed by atoms with Gasteiger partial charge in [-0.3, -0.25) is 9.69 Å². The molecule has 114 valence electrons. The van der Waals surface area contributed by atoms with Crippen LogP contribution in [-0.4, -0.2) is 50.3 Å². The predicted octanol–water partition coefficient (Wildman–Crippen LogP) is 2.10. The lowest BCUT2D eigenvalue weighted by molar-refractivity contribution is -0.148. The number of carbonyl (C=O) groups excluding carboxylic acids is 1. The largest absolute Gasteiger partial charge is 0.464 e. The van der Waals surface area contributed by atoms with Crippen LogP contribution in [0.1, 0.15) is 27.2 Å². The number of hydrogen-bond acceptors (Lipinski definition) is 4. The fourth-order valence-corrected chi connectivity index (χ4v) is 3.31. The first kappa shape index (κ1) is 15.5. The van der Waals surface area contributed by atoms with Crippen molar-refractivity contribution >= 4 is 5.97 Å². The summed E-state index contributed by atoms with van der Waals surface area (Å²) in [6, 6.07) is 0. The Morgan fingerprint density at radius 3 is 2.75 bits per heavy atom. The van der Waals surface area contributed by atoms with Crippen molar-refractivity contribution in [1.82, 2.24) is 4.90 Å². The Labute approximate surface area is 122 Å². The smallest absolute Gasteiger partial charge is 0.320 e. The Balaban J connectivity index is 1.75. The molecule has 0 unspecified atom stereocenters. The van der Waals surface area contributed by atoms with Crippen LogP contribution >= 0.6 is 0 Å². The van der Waals surface area contributed by atoms with E-state index in [0.717, 1.165) is 19.5 Å². The van der Waals surface area contributed by atoms with E-state index in [9.17, 15) is 4.79 Å². The van der Waals surface area contributed by atoms with Gasteiger partial charge in [0.2, 0.25) is 0 Å². The molecule has 0 saturated carbocycles. The molecule has 2 rings (SSSR count). The van der Waals surface area contributed by atoms with Gasteiger partial charge in [-0.1, -0.05) is 25.5 Å². The van der Waals surface area contributed by atoms with Gasteiger partial charge in [-0.05, 0) is 25.2 Å². The maximum absolute atomic E-state index is 11.9. The highest BCUT2D eigenvalue weighted by atomic mass is 16.5. The topological polar surface area (TPSA) is 38.8 Å². The minimum Gasteiger partial charge on any atom is -0.464 e. The molecule has 0 aromatic heterocycles. The van der Waals surface area contributed by atoms with Gasteiger partial charge in [-0.25, -0.2) is 0 Å². The molecule has 1 heterocycles. The minimum absolute atomic E-state index is 0.0995. The molecule has 1 aliphatic heterocycles. The molecular formula is C16H27NO3. The van der Waals surface area contributed by atoms with Gasteiger partial charge in [-0.2, -0.15) is 0 Å². The molecule has 2 aliphatic rings. The van der Waals surface area contributed by atoms with Crippen molar-refractivity contribution in [1.29, 1.82) is 0 Å². The second-order valence-electron chi connectivity index (χ2n) is 6.29. The molecule has 0 aromatic rings. The first-order chi connectivity index (χ1) is 9.56. The standard InChI is InChI=1S/C16H27NO3/c1-12-8-13(2)15(14(3)9-12)11-20-16(18)10-17-4-6-19-7-5-17/h8,13-15H,4-7,9-11H2,1-3H3/t13-,14-,15-/m0/s1. The molecule has 0 N–H and O–H groups in total. The van der Waals surface area contributed by atoms with Crippen LogP contribution in [0, 0.1) is 17.8 Å². The van der Waals surface area contributed by atoms with E-state index >= 15 is 0 Å². The summed E-state index contributed by atoms with van der Waals surface area (Å²) in [5.41, 5.74) is 1.46. The van der Waals surface area contributed by atoms with Crippen LogP contribution in [0.25, 0.3) is 0 Å². The van der Waals surface area contributed by atoms with E-state index in [1.165, 1.54) is 5.57 Å². The third kappa shape index (κ3) is 4.32. The molecule has 1 aliphatic carbocycles. The first-order valence-corrected chi connectivity index (χ1v) is 7.69. The summed E-state index contributed by atoms with van der Waals surface area (Å²) in [6.07, 6.45) is 3.44. The third-order valence-electron chi connectivity index (χ3n) is 4.49. The van der Waals surface area contributed by atoms with Gasteiger partial charge in [0.05, 0.1) is 26.4 Å². The lowest BCUT2D eigenvalue weighted by Crippen LogP contribution is -2.40. The van der Waals surface area contributed by atoms with E-state index < -0.39 is 0 Å². The van der Waals surface area contributed by atoms with Crippen LogP contribution in [0.5, 0.6) is 0 Å². The Morgan fingerprint density at radius 2 is 2.10 bits per heavy atom. The Hall–Kier alpha value is -0.870. The highest BCUT2D eigenvalue weighted by molar-refractivity contribution is 5.71. The van der Waals surface area contributed by atoms with E-state index in [2.05, 4.69) is 31.7 Å². The average molecular weight is 281 g/mol. The molecule has 0 aromatic carbocycles. The van der Waals surface area contributed by atoms with E-state index in [1.807, 2.05) is 0 Å². The number of morpholine rings is 1. The van der Waals surface area contributed by atoms with Crippen LogP contribution in [-0.2, 0) is 14.3 Å². The summed E-state index contributed by atoms with van der Waals surface area (Å²) in [6.45, 7) is 10.7. The molecule has 1 fully saturated rings. The lowest BCUT2D eigenvalue weighted by atomic mass is 9.75. The summed E-state index contributed by atoms with van der Waals surface area (Å²) >= 11 is 0. The van der Waals surface area contributed by atoms with Gasteiger partial charge in [0, 0.05) is 19.0 Å².